The number of aliphatic hydroxyl groups is 1. The van der Waals surface area contributed by atoms with Gasteiger partial charge in [0.1, 0.15) is 12.4 Å². The number of hydrogen-bond acceptors (Lipinski definition) is 4. The second-order valence-electron chi connectivity index (χ2n) is 6.69. The van der Waals surface area contributed by atoms with Crippen LogP contribution in [0, 0.1) is 20.8 Å². The Morgan fingerprint density at radius 1 is 1.38 bits per heavy atom. The van der Waals surface area contributed by atoms with Gasteiger partial charge in [-0.25, -0.2) is 0 Å². The van der Waals surface area contributed by atoms with Gasteiger partial charge in [0, 0.05) is 17.3 Å². The lowest BCUT2D eigenvalue weighted by atomic mass is 9.78. The fourth-order valence-electron chi connectivity index (χ4n) is 3.68. The fourth-order valence-corrected chi connectivity index (χ4v) is 4.01. The van der Waals surface area contributed by atoms with Crippen LogP contribution in [0.4, 0.5) is 0 Å². The summed E-state index contributed by atoms with van der Waals surface area (Å²) in [5.41, 5.74) is 5.40. The molecule has 26 heavy (non-hydrogen) atoms. The third-order valence-corrected chi connectivity index (χ3v) is 6.00. The normalized spacial score (nSPS) is 18.3. The smallest absolute Gasteiger partial charge is 0.168 e. The van der Waals surface area contributed by atoms with Crippen LogP contribution in [-0.2, 0) is 9.63 Å². The quantitative estimate of drug-likeness (QED) is 0.282. The average molecular weight is 420 g/mol. The number of ketones is 1. The Morgan fingerprint density at radius 3 is 2.65 bits per heavy atom. The number of benzene rings is 1. The second-order valence-corrected chi connectivity index (χ2v) is 7.48. The molecule has 0 aliphatic heterocycles. The van der Waals surface area contributed by atoms with E-state index in [0.29, 0.717) is 30.5 Å². The molecule has 0 saturated carbocycles. The zero-order chi connectivity index (χ0) is 19.4. The van der Waals surface area contributed by atoms with Crippen molar-refractivity contribution in [2.45, 2.75) is 52.9 Å². The summed E-state index contributed by atoms with van der Waals surface area (Å²) in [5, 5.41) is 14.6. The van der Waals surface area contributed by atoms with Gasteiger partial charge in [-0.15, -0.1) is 0 Å². The monoisotopic (exact) mass is 419 g/mol. The van der Waals surface area contributed by atoms with Crippen molar-refractivity contribution in [3.63, 3.8) is 0 Å². The van der Waals surface area contributed by atoms with Crippen LogP contribution in [0.5, 0.6) is 0 Å². The molecule has 140 valence electrons. The molecular weight excluding hydrogens is 394 g/mol. The van der Waals surface area contributed by atoms with Gasteiger partial charge in [-0.3, -0.25) is 4.79 Å². The maximum Gasteiger partial charge on any atom is 0.168 e. The van der Waals surface area contributed by atoms with Crippen molar-refractivity contribution >= 4 is 27.4 Å². The van der Waals surface area contributed by atoms with Crippen LogP contribution in [-0.4, -0.2) is 23.2 Å². The Labute approximate surface area is 163 Å². The van der Waals surface area contributed by atoms with E-state index in [1.54, 1.807) is 6.08 Å². The number of aliphatic hydroxyl groups excluding tert-OH is 1. The molecule has 1 atom stereocenters. The minimum atomic E-state index is -0.0861. The number of allylic oxidation sites excluding steroid dienone is 2. The molecule has 0 saturated heterocycles. The molecule has 0 amide bonds. The third-order valence-electron chi connectivity index (χ3n) is 4.78. The van der Waals surface area contributed by atoms with E-state index < -0.39 is 0 Å². The lowest BCUT2D eigenvalue weighted by Crippen LogP contribution is -2.24. The summed E-state index contributed by atoms with van der Waals surface area (Å²) in [6.07, 6.45) is 2.89. The first kappa shape index (κ1) is 20.4. The number of nitrogens with zero attached hydrogens (tertiary/aromatic N) is 1. The van der Waals surface area contributed by atoms with Crippen molar-refractivity contribution < 1.29 is 14.7 Å². The van der Waals surface area contributed by atoms with Gasteiger partial charge >= 0.3 is 0 Å². The van der Waals surface area contributed by atoms with E-state index in [0.717, 1.165) is 21.2 Å². The molecule has 2 rings (SSSR count). The van der Waals surface area contributed by atoms with E-state index in [-0.39, 0.29) is 24.1 Å². The zero-order valence-electron chi connectivity index (χ0n) is 15.9. The lowest BCUT2D eigenvalue weighted by molar-refractivity contribution is -0.116. The highest BCUT2D eigenvalue weighted by Crippen LogP contribution is 2.40. The second kappa shape index (κ2) is 8.67. The van der Waals surface area contributed by atoms with Gasteiger partial charge in [-0.1, -0.05) is 46.7 Å². The Bertz CT molecular complexity index is 793. The molecule has 1 unspecified atom stereocenters. The van der Waals surface area contributed by atoms with E-state index >= 15 is 0 Å². The van der Waals surface area contributed by atoms with Crippen LogP contribution >= 0.6 is 15.9 Å². The largest absolute Gasteiger partial charge is 0.511 e. The zero-order valence-corrected chi connectivity index (χ0v) is 17.4. The number of rotatable bonds is 6. The van der Waals surface area contributed by atoms with E-state index in [9.17, 15) is 9.90 Å². The van der Waals surface area contributed by atoms with Crippen molar-refractivity contribution in [1.29, 1.82) is 0 Å². The molecule has 1 N–H and O–H groups in total. The van der Waals surface area contributed by atoms with Gasteiger partial charge in [-0.2, -0.15) is 0 Å². The molecule has 5 heteroatoms. The van der Waals surface area contributed by atoms with Gasteiger partial charge in [0.2, 0.25) is 0 Å². The SMILES string of the molecule is C=CCO/N=C(/CC)C1=C(O)CC(c2c(C)cc(C)c(Br)c2C)CC1=O. The van der Waals surface area contributed by atoms with Crippen LogP contribution in [0.3, 0.4) is 0 Å². The van der Waals surface area contributed by atoms with Crippen molar-refractivity contribution in [1.82, 2.24) is 0 Å². The van der Waals surface area contributed by atoms with Gasteiger partial charge in [-0.05, 0) is 55.4 Å². The summed E-state index contributed by atoms with van der Waals surface area (Å²) in [6.45, 7) is 11.9. The highest BCUT2D eigenvalue weighted by molar-refractivity contribution is 9.10. The molecule has 0 aromatic heterocycles. The molecule has 0 radical (unpaired) electrons. The lowest BCUT2D eigenvalue weighted by Gasteiger charge is -2.27. The molecule has 0 bridgehead atoms. The van der Waals surface area contributed by atoms with Crippen LogP contribution in [0.1, 0.15) is 54.4 Å². The molecule has 1 aromatic carbocycles. The molecule has 4 nitrogen and oxygen atoms in total. The number of Topliss-reactive ketones (excluding diaryl/α,β-unsaturated/α-hetero) is 1. The van der Waals surface area contributed by atoms with E-state index in [1.807, 2.05) is 6.92 Å². The van der Waals surface area contributed by atoms with E-state index in [4.69, 9.17) is 4.84 Å². The number of oxime groups is 1. The summed E-state index contributed by atoms with van der Waals surface area (Å²) in [5.74, 6) is -0.0167. The van der Waals surface area contributed by atoms with Crippen molar-refractivity contribution in [2.24, 2.45) is 5.16 Å². The first-order chi connectivity index (χ1) is 12.3. The van der Waals surface area contributed by atoms with Gasteiger partial charge in [0.05, 0.1) is 11.3 Å². The number of carbonyl (C=O) groups excluding carboxylic acids is 1. The highest BCUT2D eigenvalue weighted by atomic mass is 79.9. The Morgan fingerprint density at radius 2 is 2.08 bits per heavy atom. The number of carbonyl (C=O) groups is 1. The molecule has 0 fully saturated rings. The topological polar surface area (TPSA) is 58.9 Å². The predicted molar refractivity (Wildman–Crippen MR) is 109 cm³/mol. The molecular formula is C21H26BrNO3. The fraction of sp³-hybridized carbons (Fsp3) is 0.429. The summed E-state index contributed by atoms with van der Waals surface area (Å²) < 4.78 is 1.06. The number of aryl methyl sites for hydroxylation is 2. The molecule has 1 aromatic rings. The third kappa shape index (κ3) is 4.09. The minimum Gasteiger partial charge on any atom is -0.511 e. The van der Waals surface area contributed by atoms with Gasteiger partial charge < -0.3 is 9.94 Å². The maximum atomic E-state index is 12.8. The standard InChI is InChI=1S/C21H26BrNO3/c1-6-8-26-23-16(7-2)20-17(24)10-15(11-18(20)25)19-12(3)9-13(4)21(22)14(19)5/h6,9,15,24H,1,7-8,10-11H2,2-5H3/b23-16-. The summed E-state index contributed by atoms with van der Waals surface area (Å²) in [4.78, 5) is 17.9. The first-order valence-electron chi connectivity index (χ1n) is 8.83. The molecule has 1 aliphatic carbocycles. The summed E-state index contributed by atoms with van der Waals surface area (Å²) in [7, 11) is 0. The Kier molecular flexibility index (Phi) is 6.81. The summed E-state index contributed by atoms with van der Waals surface area (Å²) >= 11 is 3.64. The molecule has 1 aliphatic rings. The highest BCUT2D eigenvalue weighted by Gasteiger charge is 2.33. The van der Waals surface area contributed by atoms with Crippen LogP contribution in [0.25, 0.3) is 0 Å². The molecule has 0 heterocycles. The Balaban J connectivity index is 2.40. The summed E-state index contributed by atoms with van der Waals surface area (Å²) in [6, 6.07) is 2.12. The minimum absolute atomic E-state index is 0.0321. The Hall–Kier alpha value is -1.88. The van der Waals surface area contributed by atoms with Gasteiger partial charge in [0.25, 0.3) is 0 Å². The van der Waals surface area contributed by atoms with Crippen LogP contribution in [0.2, 0.25) is 0 Å². The maximum absolute atomic E-state index is 12.8. The van der Waals surface area contributed by atoms with Gasteiger partial charge in [0.15, 0.2) is 5.78 Å². The van der Waals surface area contributed by atoms with Crippen molar-refractivity contribution in [3.05, 3.63) is 56.8 Å². The predicted octanol–water partition coefficient (Wildman–Crippen LogP) is 5.60. The van der Waals surface area contributed by atoms with E-state index in [2.05, 4.69) is 54.5 Å². The van der Waals surface area contributed by atoms with Crippen LogP contribution in [0.15, 0.2) is 39.7 Å². The average Bonchev–Trinajstić information content (AvgIpc) is 2.58. The van der Waals surface area contributed by atoms with Crippen molar-refractivity contribution in [2.75, 3.05) is 6.61 Å². The number of halogens is 1. The van der Waals surface area contributed by atoms with Crippen molar-refractivity contribution in [3.8, 4) is 0 Å². The first-order valence-corrected chi connectivity index (χ1v) is 9.62. The number of hydrogen-bond donors (Lipinski definition) is 1. The van der Waals surface area contributed by atoms with E-state index in [1.165, 1.54) is 5.56 Å². The van der Waals surface area contributed by atoms with Crippen LogP contribution < -0.4 is 0 Å². The molecule has 0 spiro atoms.